The van der Waals surface area contributed by atoms with Crippen molar-refractivity contribution < 1.29 is 19.2 Å². The van der Waals surface area contributed by atoms with Crippen LogP contribution in [0, 0.1) is 6.92 Å². The molecule has 8 heteroatoms. The zero-order chi connectivity index (χ0) is 25.8. The Morgan fingerprint density at radius 3 is 2.61 bits per heavy atom. The highest BCUT2D eigenvalue weighted by atomic mass is 16.5. The molecule has 2 aliphatic heterocycles. The van der Waals surface area contributed by atoms with Gasteiger partial charge in [-0.1, -0.05) is 29.4 Å². The third-order valence-corrected chi connectivity index (χ3v) is 8.43. The van der Waals surface area contributed by atoms with Gasteiger partial charge in [0.2, 0.25) is 0 Å². The summed E-state index contributed by atoms with van der Waals surface area (Å²) >= 11 is 0. The van der Waals surface area contributed by atoms with Gasteiger partial charge in [0.1, 0.15) is 23.6 Å². The van der Waals surface area contributed by atoms with Crippen LogP contribution in [0.5, 0.6) is 0 Å². The summed E-state index contributed by atoms with van der Waals surface area (Å²) in [5.74, 6) is 1.41. The smallest absolute Gasteiger partial charge is 0.335 e. The Labute approximate surface area is 220 Å². The van der Waals surface area contributed by atoms with E-state index in [4.69, 9.17) is 9.26 Å². The van der Waals surface area contributed by atoms with E-state index in [0.717, 1.165) is 72.3 Å². The van der Waals surface area contributed by atoms with Gasteiger partial charge >= 0.3 is 5.97 Å². The van der Waals surface area contributed by atoms with E-state index in [1.807, 2.05) is 18.2 Å². The molecule has 2 saturated heterocycles. The second-order valence-electron chi connectivity index (χ2n) is 10.9. The van der Waals surface area contributed by atoms with Crippen LogP contribution >= 0.6 is 0 Å². The lowest BCUT2D eigenvalue weighted by molar-refractivity contribution is 0.0146. The summed E-state index contributed by atoms with van der Waals surface area (Å²) in [5, 5.41) is 14.8. The molecule has 7 rings (SSSR count). The fourth-order valence-corrected chi connectivity index (χ4v) is 6.37. The highest BCUT2D eigenvalue weighted by molar-refractivity contribution is 5.96. The summed E-state index contributed by atoms with van der Waals surface area (Å²) in [6.07, 6.45) is 8.05. The number of carbonyl (C=O) groups is 1. The van der Waals surface area contributed by atoms with E-state index in [9.17, 15) is 9.90 Å². The van der Waals surface area contributed by atoms with Gasteiger partial charge in [-0.15, -0.1) is 0 Å². The number of rotatable bonds is 7. The van der Waals surface area contributed by atoms with E-state index < -0.39 is 5.97 Å². The Balaban J connectivity index is 1.11. The van der Waals surface area contributed by atoms with E-state index >= 15 is 0 Å². The zero-order valence-electron chi connectivity index (χ0n) is 21.3. The highest BCUT2D eigenvalue weighted by Gasteiger charge is 2.43. The number of aromatic carboxylic acids is 1. The van der Waals surface area contributed by atoms with E-state index in [1.165, 1.54) is 5.56 Å². The topological polar surface area (TPSA) is 102 Å². The molecule has 2 aromatic heterocycles. The first-order valence-electron chi connectivity index (χ1n) is 13.5. The zero-order valence-corrected chi connectivity index (χ0v) is 21.3. The minimum absolute atomic E-state index is 0.155. The second kappa shape index (κ2) is 9.20. The number of ether oxygens (including phenoxy) is 1. The van der Waals surface area contributed by atoms with Gasteiger partial charge in [-0.2, -0.15) is 0 Å². The van der Waals surface area contributed by atoms with Crippen molar-refractivity contribution in [3.8, 4) is 11.3 Å². The Morgan fingerprint density at radius 2 is 1.87 bits per heavy atom. The molecule has 4 heterocycles. The lowest BCUT2D eigenvalue weighted by Gasteiger charge is -2.40. The summed E-state index contributed by atoms with van der Waals surface area (Å²) in [7, 11) is 0. The Kier molecular flexibility index (Phi) is 5.65. The molecule has 38 heavy (non-hydrogen) atoms. The standard InChI is InChI=1S/C30H30N4O4/c1-17-4-2-3-5-23(17)27-25(28(38-33-27)18-6-7-18)15-37-22-13-20-9-10-21(14-22)34(20)29-24-11-8-19(30(35)36)12-26(24)31-16-32-29/h2-5,8,11-12,16,18,20-22H,6-7,9-10,13-15H2,1H3,(H,35,36)/t20-,21?,22?/m0/s1. The summed E-state index contributed by atoms with van der Waals surface area (Å²) in [5.41, 5.74) is 5.21. The van der Waals surface area contributed by atoms with Crippen LogP contribution in [0.3, 0.4) is 0 Å². The van der Waals surface area contributed by atoms with Crippen molar-refractivity contribution >= 4 is 22.7 Å². The SMILES string of the molecule is Cc1ccccc1-c1noc(C2CC2)c1COC1CC2CC[C@@H](C1)N2c1ncnc2cc(C(=O)O)ccc12. The first kappa shape index (κ1) is 23.3. The third-order valence-electron chi connectivity index (χ3n) is 8.43. The fourth-order valence-electron chi connectivity index (χ4n) is 6.37. The van der Waals surface area contributed by atoms with Crippen LogP contribution in [-0.2, 0) is 11.3 Å². The average Bonchev–Trinajstić information content (AvgIpc) is 3.63. The summed E-state index contributed by atoms with van der Waals surface area (Å²) in [6.45, 7) is 2.62. The molecule has 8 nitrogen and oxygen atoms in total. The van der Waals surface area contributed by atoms with Crippen LogP contribution in [-0.4, -0.2) is 44.4 Å². The first-order chi connectivity index (χ1) is 18.6. The molecule has 2 bridgehead atoms. The van der Waals surface area contributed by atoms with E-state index in [1.54, 1.807) is 18.5 Å². The summed E-state index contributed by atoms with van der Waals surface area (Å²) in [6, 6.07) is 14.1. The predicted octanol–water partition coefficient (Wildman–Crippen LogP) is 5.89. The summed E-state index contributed by atoms with van der Waals surface area (Å²) in [4.78, 5) is 22.9. The average molecular weight is 511 g/mol. The number of hydrogen-bond acceptors (Lipinski definition) is 7. The van der Waals surface area contributed by atoms with Gasteiger partial charge in [0, 0.05) is 34.5 Å². The van der Waals surface area contributed by atoms with Crippen LogP contribution in [0.1, 0.15) is 71.7 Å². The normalized spacial score (nSPS) is 22.8. The number of carboxylic acid groups (broad SMARTS) is 1. The first-order valence-corrected chi connectivity index (χ1v) is 13.5. The van der Waals surface area contributed by atoms with Crippen LogP contribution in [0.15, 0.2) is 53.3 Å². The van der Waals surface area contributed by atoms with Crippen molar-refractivity contribution in [3.05, 3.63) is 71.2 Å². The third kappa shape index (κ3) is 4.04. The molecule has 0 amide bonds. The van der Waals surface area contributed by atoms with E-state index in [-0.39, 0.29) is 11.7 Å². The molecule has 3 fully saturated rings. The molecule has 2 aromatic carbocycles. The van der Waals surface area contributed by atoms with Gasteiger partial charge in [0.25, 0.3) is 0 Å². The molecule has 2 unspecified atom stereocenters. The number of benzene rings is 2. The number of aryl methyl sites for hydroxylation is 1. The maximum atomic E-state index is 11.4. The van der Waals surface area contributed by atoms with Crippen LogP contribution in [0.2, 0.25) is 0 Å². The van der Waals surface area contributed by atoms with Crippen molar-refractivity contribution in [2.75, 3.05) is 4.90 Å². The van der Waals surface area contributed by atoms with Gasteiger partial charge in [-0.05, 0) is 69.2 Å². The van der Waals surface area contributed by atoms with Crippen molar-refractivity contribution in [3.63, 3.8) is 0 Å². The van der Waals surface area contributed by atoms with Crippen molar-refractivity contribution in [1.82, 2.24) is 15.1 Å². The van der Waals surface area contributed by atoms with Crippen molar-refractivity contribution in [2.45, 2.75) is 76.2 Å². The number of anilines is 1. The molecule has 194 valence electrons. The van der Waals surface area contributed by atoms with Gasteiger partial charge in [0.05, 0.1) is 23.8 Å². The van der Waals surface area contributed by atoms with Crippen LogP contribution in [0.4, 0.5) is 5.82 Å². The molecule has 3 aliphatic rings. The Morgan fingerprint density at radius 1 is 1.08 bits per heavy atom. The minimum Gasteiger partial charge on any atom is -0.478 e. The maximum absolute atomic E-state index is 11.4. The van der Waals surface area contributed by atoms with E-state index in [0.29, 0.717) is 30.1 Å². The quantitative estimate of drug-likeness (QED) is 0.329. The largest absolute Gasteiger partial charge is 0.478 e. The van der Waals surface area contributed by atoms with Crippen molar-refractivity contribution in [1.29, 1.82) is 0 Å². The number of fused-ring (bicyclic) bond motifs is 3. The number of carboxylic acids is 1. The molecule has 0 spiro atoms. The minimum atomic E-state index is -0.951. The molecule has 3 atom stereocenters. The Hall–Kier alpha value is -3.78. The van der Waals surface area contributed by atoms with Crippen LogP contribution in [0.25, 0.3) is 22.2 Å². The number of piperidine rings is 1. The lowest BCUT2D eigenvalue weighted by Crippen LogP contribution is -2.46. The Bertz CT molecular complexity index is 1510. The number of aromatic nitrogens is 3. The van der Waals surface area contributed by atoms with Crippen LogP contribution < -0.4 is 4.90 Å². The van der Waals surface area contributed by atoms with Gasteiger partial charge in [0.15, 0.2) is 0 Å². The van der Waals surface area contributed by atoms with Gasteiger partial charge < -0.3 is 19.3 Å². The summed E-state index contributed by atoms with van der Waals surface area (Å²) < 4.78 is 12.5. The van der Waals surface area contributed by atoms with Gasteiger partial charge in [-0.25, -0.2) is 14.8 Å². The molecular formula is C30H30N4O4. The number of nitrogens with zero attached hydrogens (tertiary/aromatic N) is 4. The second-order valence-corrected chi connectivity index (χ2v) is 10.9. The van der Waals surface area contributed by atoms with Gasteiger partial charge in [-0.3, -0.25) is 0 Å². The maximum Gasteiger partial charge on any atom is 0.335 e. The fraction of sp³-hybridized carbons (Fsp3) is 0.400. The predicted molar refractivity (Wildman–Crippen MR) is 142 cm³/mol. The molecule has 1 aliphatic carbocycles. The monoisotopic (exact) mass is 510 g/mol. The molecule has 1 saturated carbocycles. The molecular weight excluding hydrogens is 480 g/mol. The van der Waals surface area contributed by atoms with E-state index in [2.05, 4.69) is 39.1 Å². The molecule has 4 aromatic rings. The number of hydrogen-bond donors (Lipinski definition) is 1. The highest BCUT2D eigenvalue weighted by Crippen LogP contribution is 2.46. The molecule has 1 N–H and O–H groups in total. The lowest BCUT2D eigenvalue weighted by atomic mass is 9.98. The molecule has 0 radical (unpaired) electrons. The van der Waals surface area contributed by atoms with Crippen molar-refractivity contribution in [2.24, 2.45) is 0 Å².